The highest BCUT2D eigenvalue weighted by Gasteiger charge is 2.19. The molecule has 0 aliphatic carbocycles. The van der Waals surface area contributed by atoms with Gasteiger partial charge in [-0.2, -0.15) is 0 Å². The van der Waals surface area contributed by atoms with E-state index in [-0.39, 0.29) is 11.0 Å². The lowest BCUT2D eigenvalue weighted by Gasteiger charge is -2.26. The number of hydrogen-bond donors (Lipinski definition) is 2. The quantitative estimate of drug-likeness (QED) is 0.406. The minimum absolute atomic E-state index is 0.0586. The molecule has 8 nitrogen and oxygen atoms in total. The van der Waals surface area contributed by atoms with Crippen molar-refractivity contribution in [3.8, 4) is 0 Å². The van der Waals surface area contributed by atoms with Crippen LogP contribution >= 0.6 is 11.6 Å². The molecule has 36 heavy (non-hydrogen) atoms. The zero-order chi connectivity index (χ0) is 25.5. The lowest BCUT2D eigenvalue weighted by molar-refractivity contribution is 0.0220. The number of benzene rings is 2. The molecule has 1 aliphatic heterocycles. The Morgan fingerprint density at radius 2 is 1.89 bits per heavy atom. The van der Waals surface area contributed by atoms with E-state index in [1.54, 1.807) is 12.1 Å². The highest BCUT2D eigenvalue weighted by molar-refractivity contribution is 6.30. The third-order valence-corrected chi connectivity index (χ3v) is 6.44. The number of pyridine rings is 1. The maximum absolute atomic E-state index is 13.3. The van der Waals surface area contributed by atoms with E-state index < -0.39 is 12.1 Å². The van der Waals surface area contributed by atoms with E-state index in [0.29, 0.717) is 48.7 Å². The van der Waals surface area contributed by atoms with Crippen molar-refractivity contribution in [3.63, 3.8) is 0 Å². The molecular weight excluding hydrogens is 480 g/mol. The van der Waals surface area contributed by atoms with Gasteiger partial charge in [-0.25, -0.2) is 0 Å². The molecule has 1 aromatic heterocycles. The molecule has 1 atom stereocenters. The summed E-state index contributed by atoms with van der Waals surface area (Å²) in [6.07, 6.45) is 1.33. The number of aromatic nitrogens is 1. The second-order valence-corrected chi connectivity index (χ2v) is 9.70. The first-order chi connectivity index (χ1) is 17.4. The predicted molar refractivity (Wildman–Crippen MR) is 142 cm³/mol. The Balaban J connectivity index is 1.52. The van der Waals surface area contributed by atoms with Crippen LogP contribution in [0.15, 0.2) is 53.5 Å². The number of fused-ring (bicyclic) bond motifs is 1. The normalized spacial score (nSPS) is 15.3. The van der Waals surface area contributed by atoms with Crippen LogP contribution in [0, 0.1) is 0 Å². The molecule has 4 rings (SSSR count). The standard InChI is InChI=1S/C27H33ClN4O4/c1-31(2)9-14-36-25(16-19-3-6-21(28)7-4-19)30-27(34)23-17-29-24-8-5-20(15-22(24)26(23)33)18-32-10-12-35-13-11-32/h3-8,15,17,25H,9-14,16,18H2,1-2H3,(H,29,33)(H,30,34). The van der Waals surface area contributed by atoms with E-state index >= 15 is 0 Å². The topological polar surface area (TPSA) is 86.9 Å². The second-order valence-electron chi connectivity index (χ2n) is 9.27. The van der Waals surface area contributed by atoms with Crippen molar-refractivity contribution in [2.45, 2.75) is 19.2 Å². The Labute approximate surface area is 216 Å². The first kappa shape index (κ1) is 26.3. The molecule has 0 radical (unpaired) electrons. The van der Waals surface area contributed by atoms with Gasteiger partial charge in [0.2, 0.25) is 5.43 Å². The van der Waals surface area contributed by atoms with Gasteiger partial charge in [-0.3, -0.25) is 14.5 Å². The minimum Gasteiger partial charge on any atom is -0.379 e. The number of ether oxygens (including phenoxy) is 2. The summed E-state index contributed by atoms with van der Waals surface area (Å²) in [6.45, 7) is 5.02. The maximum atomic E-state index is 13.3. The Morgan fingerprint density at radius 1 is 1.17 bits per heavy atom. The summed E-state index contributed by atoms with van der Waals surface area (Å²) in [5.74, 6) is -0.472. The number of halogens is 1. The number of hydrogen-bond acceptors (Lipinski definition) is 6. The van der Waals surface area contributed by atoms with Gasteiger partial charge in [0, 0.05) is 54.7 Å². The predicted octanol–water partition coefficient (Wildman–Crippen LogP) is 2.89. The molecule has 2 aromatic carbocycles. The van der Waals surface area contributed by atoms with Crippen LogP contribution < -0.4 is 10.7 Å². The third-order valence-electron chi connectivity index (χ3n) is 6.18. The molecule has 1 aliphatic rings. The number of rotatable bonds is 10. The number of morpholine rings is 1. The fourth-order valence-corrected chi connectivity index (χ4v) is 4.26. The zero-order valence-corrected chi connectivity index (χ0v) is 21.5. The Morgan fingerprint density at radius 3 is 2.61 bits per heavy atom. The Hall–Kier alpha value is -2.75. The molecule has 1 amide bonds. The number of carbonyl (C=O) groups excluding carboxylic acids is 1. The first-order valence-electron chi connectivity index (χ1n) is 12.1. The van der Waals surface area contributed by atoms with Gasteiger partial charge in [-0.05, 0) is 49.5 Å². The molecule has 1 saturated heterocycles. The van der Waals surface area contributed by atoms with Crippen LogP contribution in [-0.2, 0) is 22.4 Å². The highest BCUT2D eigenvalue weighted by Crippen LogP contribution is 2.15. The van der Waals surface area contributed by atoms with E-state index in [0.717, 1.165) is 30.8 Å². The minimum atomic E-state index is -0.596. The van der Waals surface area contributed by atoms with Crippen molar-refractivity contribution in [2.75, 3.05) is 53.6 Å². The summed E-state index contributed by atoms with van der Waals surface area (Å²) in [6, 6.07) is 13.2. The third kappa shape index (κ3) is 7.15. The van der Waals surface area contributed by atoms with Crippen molar-refractivity contribution in [3.05, 3.63) is 80.6 Å². The number of nitrogens with zero attached hydrogens (tertiary/aromatic N) is 2. The highest BCUT2D eigenvalue weighted by atomic mass is 35.5. The number of aromatic amines is 1. The molecule has 1 fully saturated rings. The van der Waals surface area contributed by atoms with Crippen molar-refractivity contribution in [1.29, 1.82) is 0 Å². The molecule has 192 valence electrons. The molecule has 0 spiro atoms. The fourth-order valence-electron chi connectivity index (χ4n) is 4.14. The second kappa shape index (κ2) is 12.5. The van der Waals surface area contributed by atoms with E-state index in [1.165, 1.54) is 6.20 Å². The summed E-state index contributed by atoms with van der Waals surface area (Å²) in [5.41, 5.74) is 2.45. The van der Waals surface area contributed by atoms with Crippen LogP contribution in [-0.4, -0.2) is 80.5 Å². The van der Waals surface area contributed by atoms with Crippen molar-refractivity contribution in [1.82, 2.24) is 20.1 Å². The lowest BCUT2D eigenvalue weighted by Crippen LogP contribution is -2.41. The molecule has 3 aromatic rings. The number of carbonyl (C=O) groups is 1. The number of likely N-dealkylation sites (N-methyl/N-ethyl adjacent to an activating group) is 1. The van der Waals surface area contributed by atoms with Gasteiger partial charge in [0.1, 0.15) is 11.8 Å². The summed E-state index contributed by atoms with van der Waals surface area (Å²) in [5, 5.41) is 4.04. The van der Waals surface area contributed by atoms with Gasteiger partial charge >= 0.3 is 0 Å². The first-order valence-corrected chi connectivity index (χ1v) is 12.5. The summed E-state index contributed by atoms with van der Waals surface area (Å²) in [4.78, 5) is 33.9. The van der Waals surface area contributed by atoms with Crippen LogP contribution in [0.5, 0.6) is 0 Å². The number of amides is 1. The monoisotopic (exact) mass is 512 g/mol. The summed E-state index contributed by atoms with van der Waals surface area (Å²) >= 11 is 6.01. The van der Waals surface area contributed by atoms with E-state index in [4.69, 9.17) is 21.1 Å². The Bertz CT molecular complexity index is 1220. The molecule has 1 unspecified atom stereocenters. The average Bonchev–Trinajstić information content (AvgIpc) is 2.86. The van der Waals surface area contributed by atoms with E-state index in [2.05, 4.69) is 15.2 Å². The summed E-state index contributed by atoms with van der Waals surface area (Å²) in [7, 11) is 3.91. The van der Waals surface area contributed by atoms with Crippen molar-refractivity contribution in [2.24, 2.45) is 0 Å². The van der Waals surface area contributed by atoms with Crippen LogP contribution in [0.3, 0.4) is 0 Å². The average molecular weight is 513 g/mol. The van der Waals surface area contributed by atoms with Gasteiger partial charge < -0.3 is 24.7 Å². The molecule has 9 heteroatoms. The number of nitrogens with one attached hydrogen (secondary N) is 2. The van der Waals surface area contributed by atoms with Gasteiger partial charge in [0.05, 0.1) is 19.8 Å². The molecule has 0 saturated carbocycles. The number of H-pyrrole nitrogens is 1. The molecule has 2 N–H and O–H groups in total. The molecule has 0 bridgehead atoms. The van der Waals surface area contributed by atoms with Gasteiger partial charge in [-0.15, -0.1) is 0 Å². The van der Waals surface area contributed by atoms with Crippen molar-refractivity contribution >= 4 is 28.4 Å². The van der Waals surface area contributed by atoms with Gasteiger partial charge in [0.15, 0.2) is 0 Å². The van der Waals surface area contributed by atoms with E-state index in [9.17, 15) is 9.59 Å². The van der Waals surface area contributed by atoms with Crippen LogP contribution in [0.25, 0.3) is 10.9 Å². The van der Waals surface area contributed by atoms with Crippen molar-refractivity contribution < 1.29 is 14.3 Å². The Kier molecular flexibility index (Phi) is 9.12. The smallest absolute Gasteiger partial charge is 0.258 e. The SMILES string of the molecule is CN(C)CCOC(Cc1ccc(Cl)cc1)NC(=O)c1c[nH]c2ccc(CN3CCOCC3)cc2c1=O. The summed E-state index contributed by atoms with van der Waals surface area (Å²) < 4.78 is 11.4. The fraction of sp³-hybridized carbons (Fsp3) is 0.407. The maximum Gasteiger partial charge on any atom is 0.258 e. The van der Waals surface area contributed by atoms with Gasteiger partial charge in [-0.1, -0.05) is 29.8 Å². The largest absolute Gasteiger partial charge is 0.379 e. The van der Waals surface area contributed by atoms with Crippen LogP contribution in [0.1, 0.15) is 21.5 Å². The molecule has 2 heterocycles. The molecular formula is C27H33ClN4O4. The lowest BCUT2D eigenvalue weighted by atomic mass is 10.1. The van der Waals surface area contributed by atoms with Crippen LogP contribution in [0.2, 0.25) is 5.02 Å². The van der Waals surface area contributed by atoms with Crippen LogP contribution in [0.4, 0.5) is 0 Å². The van der Waals surface area contributed by atoms with E-state index in [1.807, 2.05) is 49.3 Å². The van der Waals surface area contributed by atoms with Gasteiger partial charge in [0.25, 0.3) is 5.91 Å². The zero-order valence-electron chi connectivity index (χ0n) is 20.8.